The first-order chi connectivity index (χ1) is 0. The molecular formula is CuFeSiZn. The Morgan fingerprint density at radius 2 is 1.00 bits per heavy atom. The molecule has 0 saturated heterocycles. The van der Waals surface area contributed by atoms with Crippen molar-refractivity contribution in [1.29, 1.82) is 0 Å². The van der Waals surface area contributed by atoms with E-state index in [-0.39, 0.29) is 64.6 Å². The average Bonchev–Trinajstić information content (AvgIpc) is 0. The Balaban J connectivity index is 0. The van der Waals surface area contributed by atoms with Gasteiger partial charge in [0.15, 0.2) is 0 Å². The predicted octanol–water partition coefficient (Wildman–Crippen LogP) is -0.388. The van der Waals surface area contributed by atoms with Gasteiger partial charge in [0.2, 0.25) is 0 Å². The molecule has 0 fully saturated rings. The molecule has 0 aromatic rings. The molecule has 0 saturated carbocycles. The minimum absolute atomic E-state index is 0. The topological polar surface area (TPSA) is 0 Å². The summed E-state index contributed by atoms with van der Waals surface area (Å²) in [6, 6.07) is 0. The zero-order valence-corrected chi connectivity index (χ0v) is 7.88. The molecule has 0 N–H and O–H groups in total. The Labute approximate surface area is 64.2 Å². The SMILES string of the molecule is [Cu].[Fe].[Si].[Zn]. The van der Waals surface area contributed by atoms with Gasteiger partial charge in [-0.15, -0.1) is 0 Å². The van der Waals surface area contributed by atoms with E-state index in [2.05, 4.69) is 0 Å². The number of hydrogen-bond donors (Lipinski definition) is 0. The zero-order valence-electron chi connectivity index (χ0n) is 1.86. The van der Waals surface area contributed by atoms with Crippen LogP contribution in [0.15, 0.2) is 0 Å². The summed E-state index contributed by atoms with van der Waals surface area (Å²) in [5.41, 5.74) is 0. The van der Waals surface area contributed by atoms with Gasteiger partial charge in [-0.1, -0.05) is 0 Å². The van der Waals surface area contributed by atoms with E-state index in [1.165, 1.54) is 0 Å². The van der Waals surface area contributed by atoms with Crippen LogP contribution in [-0.4, -0.2) is 11.0 Å². The van der Waals surface area contributed by atoms with Gasteiger partial charge >= 0.3 is 0 Å². The van der Waals surface area contributed by atoms with E-state index in [1.54, 1.807) is 0 Å². The maximum Gasteiger partial charge on any atom is 0 e. The average molecular weight is 213 g/mol. The molecule has 0 spiro atoms. The summed E-state index contributed by atoms with van der Waals surface area (Å²) >= 11 is 0. The molecule has 0 rings (SSSR count). The largest absolute Gasteiger partial charge is 0 e. The van der Waals surface area contributed by atoms with E-state index in [1.807, 2.05) is 0 Å². The molecule has 0 aromatic heterocycles. The molecule has 0 aromatic carbocycles. The third-order valence-electron chi connectivity index (χ3n) is 0. The van der Waals surface area contributed by atoms with Gasteiger partial charge in [-0.25, -0.2) is 0 Å². The summed E-state index contributed by atoms with van der Waals surface area (Å²) < 4.78 is 0. The quantitative estimate of drug-likeness (QED) is 0.480. The Morgan fingerprint density at radius 3 is 1.00 bits per heavy atom. The van der Waals surface area contributed by atoms with E-state index in [4.69, 9.17) is 0 Å². The monoisotopic (exact) mass is 211 g/mol. The third-order valence-corrected chi connectivity index (χ3v) is 0. The van der Waals surface area contributed by atoms with Gasteiger partial charge in [0, 0.05) is 64.6 Å². The maximum atomic E-state index is 0. The second-order valence-electron chi connectivity index (χ2n) is 0. The van der Waals surface area contributed by atoms with Crippen LogP contribution in [0.1, 0.15) is 0 Å². The molecule has 0 aliphatic rings. The molecular weight excluding hydrogens is 213 g/mol. The zero-order chi connectivity index (χ0) is 0. The van der Waals surface area contributed by atoms with Crippen LogP contribution in [0, 0.1) is 0 Å². The summed E-state index contributed by atoms with van der Waals surface area (Å²) in [5, 5.41) is 0. The fourth-order valence-corrected chi connectivity index (χ4v) is 0. The second-order valence-corrected chi connectivity index (χ2v) is 0. The van der Waals surface area contributed by atoms with Crippen LogP contribution in [0.2, 0.25) is 0 Å². The first-order valence-corrected chi connectivity index (χ1v) is 0. The van der Waals surface area contributed by atoms with E-state index in [0.29, 0.717) is 0 Å². The standard InChI is InChI=1S/Cu.Fe.Si.Zn. The maximum absolute atomic E-state index is 0. The van der Waals surface area contributed by atoms with Crippen LogP contribution in [0.3, 0.4) is 0 Å². The Hall–Kier alpha value is 1.88. The normalized spacial score (nSPS) is 0. The smallest absolute Gasteiger partial charge is 0 e. The van der Waals surface area contributed by atoms with E-state index in [0.717, 1.165) is 0 Å². The summed E-state index contributed by atoms with van der Waals surface area (Å²) in [6.07, 6.45) is 0. The molecule has 0 atom stereocenters. The summed E-state index contributed by atoms with van der Waals surface area (Å²) in [4.78, 5) is 0. The molecule has 5 radical (unpaired) electrons. The Bertz CT molecular complexity index is 8.00. The molecule has 25 valence electrons. The molecule has 0 unspecified atom stereocenters. The summed E-state index contributed by atoms with van der Waals surface area (Å²) in [7, 11) is 0. The first kappa shape index (κ1) is 39.6. The van der Waals surface area contributed by atoms with Gasteiger partial charge in [0.05, 0.1) is 0 Å². The molecule has 0 bridgehead atoms. The van der Waals surface area contributed by atoms with Crippen molar-refractivity contribution in [2.75, 3.05) is 0 Å². The van der Waals surface area contributed by atoms with Crippen LogP contribution >= 0.6 is 0 Å². The fourth-order valence-electron chi connectivity index (χ4n) is 0. The fraction of sp³-hybridized carbons (Fsp3) is 0. The molecule has 0 heterocycles. The molecule has 0 nitrogen and oxygen atoms in total. The van der Waals surface area contributed by atoms with Crippen molar-refractivity contribution in [2.45, 2.75) is 0 Å². The second kappa shape index (κ2) is 20.8. The molecule has 0 aliphatic heterocycles. The minimum Gasteiger partial charge on any atom is 0 e. The van der Waals surface area contributed by atoms with Gasteiger partial charge in [0.25, 0.3) is 0 Å². The summed E-state index contributed by atoms with van der Waals surface area (Å²) in [6.45, 7) is 0. The van der Waals surface area contributed by atoms with Crippen molar-refractivity contribution in [1.82, 2.24) is 0 Å². The van der Waals surface area contributed by atoms with Crippen molar-refractivity contribution < 1.29 is 53.6 Å². The van der Waals surface area contributed by atoms with Gasteiger partial charge < -0.3 is 0 Å². The molecule has 0 amide bonds. The van der Waals surface area contributed by atoms with Gasteiger partial charge in [-0.2, -0.15) is 0 Å². The van der Waals surface area contributed by atoms with Crippen LogP contribution in [0.4, 0.5) is 0 Å². The van der Waals surface area contributed by atoms with E-state index >= 15 is 0 Å². The van der Waals surface area contributed by atoms with Crippen LogP contribution in [-0.2, 0) is 53.6 Å². The van der Waals surface area contributed by atoms with Gasteiger partial charge in [-0.3, -0.25) is 0 Å². The van der Waals surface area contributed by atoms with Crippen molar-refractivity contribution in [3.63, 3.8) is 0 Å². The van der Waals surface area contributed by atoms with Gasteiger partial charge in [0.1, 0.15) is 0 Å². The predicted molar refractivity (Wildman–Crippen MR) is 5.75 cm³/mol. The van der Waals surface area contributed by atoms with Gasteiger partial charge in [-0.05, 0) is 0 Å². The van der Waals surface area contributed by atoms with E-state index in [9.17, 15) is 0 Å². The van der Waals surface area contributed by atoms with E-state index < -0.39 is 0 Å². The summed E-state index contributed by atoms with van der Waals surface area (Å²) in [5.74, 6) is 0. The molecule has 4 heavy (non-hydrogen) atoms. The molecule has 4 heteroatoms. The van der Waals surface area contributed by atoms with Crippen molar-refractivity contribution >= 4 is 11.0 Å². The van der Waals surface area contributed by atoms with Crippen LogP contribution in [0.5, 0.6) is 0 Å². The Morgan fingerprint density at radius 1 is 1.00 bits per heavy atom. The number of rotatable bonds is 0. The Kier molecular flexibility index (Phi) is 206. The van der Waals surface area contributed by atoms with Crippen molar-refractivity contribution in [2.24, 2.45) is 0 Å². The third kappa shape index (κ3) is 9.11. The minimum atomic E-state index is 0. The van der Waals surface area contributed by atoms with Crippen molar-refractivity contribution in [3.8, 4) is 0 Å². The van der Waals surface area contributed by atoms with Crippen molar-refractivity contribution in [3.05, 3.63) is 0 Å². The van der Waals surface area contributed by atoms with Crippen LogP contribution in [0.25, 0.3) is 0 Å². The molecule has 0 aliphatic carbocycles. The first-order valence-electron chi connectivity index (χ1n) is 0. The number of hydrogen-bond acceptors (Lipinski definition) is 0. The van der Waals surface area contributed by atoms with Crippen LogP contribution < -0.4 is 0 Å².